The molecule has 2 aliphatic rings. The van der Waals surface area contributed by atoms with Gasteiger partial charge in [-0.3, -0.25) is 9.80 Å². The van der Waals surface area contributed by atoms with Crippen molar-refractivity contribution in [3.05, 3.63) is 0 Å². The third-order valence-electron chi connectivity index (χ3n) is 2.52. The number of hydrazone groups is 2. The van der Waals surface area contributed by atoms with Crippen molar-refractivity contribution in [2.45, 2.75) is 6.18 Å². The number of hydrogen-bond acceptors (Lipinski definition) is 5. The molecule has 18 heavy (non-hydrogen) atoms. The van der Waals surface area contributed by atoms with Crippen molar-refractivity contribution in [2.24, 2.45) is 16.1 Å². The summed E-state index contributed by atoms with van der Waals surface area (Å²) < 4.78 is 42.7. The summed E-state index contributed by atoms with van der Waals surface area (Å²) in [5.74, 6) is -2.30. The lowest BCUT2D eigenvalue weighted by Crippen LogP contribution is -2.36. The van der Waals surface area contributed by atoms with Crippen molar-refractivity contribution in [1.82, 2.24) is 10.4 Å². The Labute approximate surface area is 100 Å². The van der Waals surface area contributed by atoms with E-state index in [-0.39, 0.29) is 0 Å². The predicted molar refractivity (Wildman–Crippen MR) is 56.0 cm³/mol. The highest BCUT2D eigenvalue weighted by Gasteiger charge is 2.46. The van der Waals surface area contributed by atoms with Crippen molar-refractivity contribution < 1.29 is 22.7 Å². The third-order valence-corrected chi connectivity index (χ3v) is 2.52. The fraction of sp³-hybridized carbons (Fsp3) is 0.667. The highest BCUT2D eigenvalue weighted by molar-refractivity contribution is 6.20. The fourth-order valence-electron chi connectivity index (χ4n) is 1.59. The number of nitrogens with zero attached hydrogens (tertiary/aromatic N) is 3. The van der Waals surface area contributed by atoms with E-state index in [0.29, 0.717) is 26.3 Å². The second-order valence-corrected chi connectivity index (χ2v) is 3.78. The molecule has 2 heterocycles. The molecule has 0 aromatic heterocycles. The molecule has 9 heteroatoms. The van der Waals surface area contributed by atoms with Crippen LogP contribution in [-0.2, 0) is 9.53 Å². The number of carbonyl (C=O) groups excluding carboxylic acids is 1. The van der Waals surface area contributed by atoms with E-state index in [1.54, 1.807) is 5.01 Å². The highest BCUT2D eigenvalue weighted by Crippen LogP contribution is 2.24. The summed E-state index contributed by atoms with van der Waals surface area (Å²) in [6.45, 7) is 1.91. The number of alkyl halides is 3. The van der Waals surface area contributed by atoms with E-state index in [4.69, 9.17) is 4.74 Å². The smallest absolute Gasteiger partial charge is 0.378 e. The van der Waals surface area contributed by atoms with Gasteiger partial charge < -0.3 is 4.74 Å². The van der Waals surface area contributed by atoms with Gasteiger partial charge in [0.15, 0.2) is 5.71 Å². The number of halogens is 3. The van der Waals surface area contributed by atoms with Crippen LogP contribution >= 0.6 is 0 Å². The summed E-state index contributed by atoms with van der Waals surface area (Å²) in [6, 6.07) is 0. The van der Waals surface area contributed by atoms with Crippen molar-refractivity contribution >= 4 is 17.8 Å². The van der Waals surface area contributed by atoms with Gasteiger partial charge in [-0.1, -0.05) is 0 Å². The normalized spacial score (nSPS) is 25.5. The molecular weight excluding hydrogens is 253 g/mol. The average Bonchev–Trinajstić information content (AvgIpc) is 2.69. The van der Waals surface area contributed by atoms with E-state index in [1.807, 2.05) is 5.43 Å². The minimum atomic E-state index is -4.64. The molecule has 2 aliphatic heterocycles. The molecule has 0 aromatic rings. The SMILES string of the molecule is O=C1NN=C(C(F)(F)F)C1/C=N/N1CCOCC1. The molecule has 0 spiro atoms. The molecule has 0 radical (unpaired) electrons. The predicted octanol–water partition coefficient (Wildman–Crippen LogP) is -0.0313. The molecule has 0 saturated carbocycles. The Balaban J connectivity index is 2.04. The minimum Gasteiger partial charge on any atom is -0.378 e. The fourth-order valence-corrected chi connectivity index (χ4v) is 1.59. The van der Waals surface area contributed by atoms with Crippen molar-refractivity contribution in [3.8, 4) is 0 Å². The summed E-state index contributed by atoms with van der Waals surface area (Å²) in [5.41, 5.74) is 0.646. The van der Waals surface area contributed by atoms with Crippen molar-refractivity contribution in [2.75, 3.05) is 26.3 Å². The van der Waals surface area contributed by atoms with Crippen LogP contribution in [0.3, 0.4) is 0 Å². The molecule has 0 aromatic carbocycles. The number of amides is 1. The molecule has 1 atom stereocenters. The third kappa shape index (κ3) is 2.78. The van der Waals surface area contributed by atoms with E-state index in [1.165, 1.54) is 0 Å². The Morgan fingerprint density at radius 1 is 1.44 bits per heavy atom. The lowest BCUT2D eigenvalue weighted by molar-refractivity contribution is -0.121. The van der Waals surface area contributed by atoms with Gasteiger partial charge in [-0.05, 0) is 0 Å². The van der Waals surface area contributed by atoms with E-state index in [9.17, 15) is 18.0 Å². The number of hydrogen-bond donors (Lipinski definition) is 1. The van der Waals surface area contributed by atoms with E-state index in [0.717, 1.165) is 6.21 Å². The topological polar surface area (TPSA) is 66.3 Å². The Bertz CT molecular complexity index is 388. The van der Waals surface area contributed by atoms with Gasteiger partial charge in [0.1, 0.15) is 5.92 Å². The Hall–Kier alpha value is -1.64. The molecule has 2 rings (SSSR count). The van der Waals surface area contributed by atoms with Gasteiger partial charge in [0, 0.05) is 6.21 Å². The maximum Gasteiger partial charge on any atom is 0.432 e. The zero-order valence-electron chi connectivity index (χ0n) is 9.28. The van der Waals surface area contributed by atoms with Crippen LogP contribution in [-0.4, -0.2) is 55.3 Å². The summed E-state index contributed by atoms with van der Waals surface area (Å²) in [4.78, 5) is 11.2. The molecule has 6 nitrogen and oxygen atoms in total. The molecular formula is C9H11F3N4O2. The lowest BCUT2D eigenvalue weighted by Gasteiger charge is -2.24. The quantitative estimate of drug-likeness (QED) is 0.712. The molecule has 1 N–H and O–H groups in total. The van der Waals surface area contributed by atoms with Gasteiger partial charge in [0.2, 0.25) is 0 Å². The molecule has 0 bridgehead atoms. The van der Waals surface area contributed by atoms with Crippen molar-refractivity contribution in [3.63, 3.8) is 0 Å². The van der Waals surface area contributed by atoms with Crippen LogP contribution in [0.2, 0.25) is 0 Å². The zero-order valence-corrected chi connectivity index (χ0v) is 9.28. The average molecular weight is 264 g/mol. The summed E-state index contributed by atoms with van der Waals surface area (Å²) >= 11 is 0. The summed E-state index contributed by atoms with van der Waals surface area (Å²) in [5, 5.41) is 8.42. The van der Waals surface area contributed by atoms with E-state index in [2.05, 4.69) is 10.2 Å². The first-order valence-corrected chi connectivity index (χ1v) is 5.30. The maximum absolute atomic E-state index is 12.5. The lowest BCUT2D eigenvalue weighted by atomic mass is 10.1. The maximum atomic E-state index is 12.5. The van der Waals surface area contributed by atoms with Crippen LogP contribution in [0.5, 0.6) is 0 Å². The summed E-state index contributed by atoms with van der Waals surface area (Å²) in [7, 11) is 0. The van der Waals surface area contributed by atoms with Gasteiger partial charge in [-0.25, -0.2) is 5.43 Å². The van der Waals surface area contributed by atoms with Gasteiger partial charge in [-0.15, -0.1) is 0 Å². The first-order chi connectivity index (χ1) is 8.48. The number of rotatable bonds is 2. The standard InChI is InChI=1S/C9H11F3N4O2/c10-9(11,12)7-6(8(17)15-14-7)5-13-16-1-3-18-4-2-16/h5-6H,1-4H2,(H,15,17)/b13-5+. The van der Waals surface area contributed by atoms with Crippen LogP contribution in [0.15, 0.2) is 10.2 Å². The highest BCUT2D eigenvalue weighted by atomic mass is 19.4. The largest absolute Gasteiger partial charge is 0.432 e. The monoisotopic (exact) mass is 264 g/mol. The Morgan fingerprint density at radius 2 is 2.11 bits per heavy atom. The molecule has 1 unspecified atom stereocenters. The Morgan fingerprint density at radius 3 is 2.72 bits per heavy atom. The van der Waals surface area contributed by atoms with Gasteiger partial charge in [0.25, 0.3) is 5.91 Å². The number of ether oxygens (including phenoxy) is 1. The molecule has 1 fully saturated rings. The van der Waals surface area contributed by atoms with Crippen molar-refractivity contribution in [1.29, 1.82) is 0 Å². The number of carbonyl (C=O) groups is 1. The van der Waals surface area contributed by atoms with Gasteiger partial charge >= 0.3 is 6.18 Å². The second kappa shape index (κ2) is 4.92. The molecule has 1 saturated heterocycles. The van der Waals surface area contributed by atoms with Crippen LogP contribution in [0.1, 0.15) is 0 Å². The summed E-state index contributed by atoms with van der Waals surface area (Å²) in [6.07, 6.45) is -3.67. The zero-order chi connectivity index (χ0) is 13.2. The molecule has 1 amide bonds. The van der Waals surface area contributed by atoms with Crippen LogP contribution in [0.25, 0.3) is 0 Å². The van der Waals surface area contributed by atoms with Gasteiger partial charge in [0.05, 0.1) is 26.3 Å². The van der Waals surface area contributed by atoms with Crippen LogP contribution < -0.4 is 5.43 Å². The van der Waals surface area contributed by atoms with Crippen LogP contribution in [0.4, 0.5) is 13.2 Å². The molecule has 100 valence electrons. The van der Waals surface area contributed by atoms with E-state index >= 15 is 0 Å². The number of nitrogens with one attached hydrogen (secondary N) is 1. The first kappa shape index (κ1) is 12.8. The van der Waals surface area contributed by atoms with E-state index < -0.39 is 23.7 Å². The minimum absolute atomic E-state index is 0.467. The molecule has 0 aliphatic carbocycles. The first-order valence-electron chi connectivity index (χ1n) is 5.30. The van der Waals surface area contributed by atoms with Gasteiger partial charge in [-0.2, -0.15) is 23.4 Å². The van der Waals surface area contributed by atoms with Crippen LogP contribution in [0, 0.1) is 5.92 Å². The Kier molecular flexibility index (Phi) is 3.50. The number of morpholine rings is 1. The second-order valence-electron chi connectivity index (χ2n) is 3.78.